The minimum absolute atomic E-state index is 0.172. The standard InChI is InChI=1S/C22H22N2O3S/c1-2-16-23-28(26,27)21-14-12-20(13-15-21)24-22(25)19-10-8-18(9-11-19)17-6-4-3-5-7-17/h3-15,23H,2,16H2,1H3,(H,24,25). The molecule has 5 nitrogen and oxygen atoms in total. The van der Waals surface area contributed by atoms with Crippen LogP contribution in [-0.2, 0) is 10.0 Å². The van der Waals surface area contributed by atoms with E-state index < -0.39 is 10.0 Å². The second-order valence-electron chi connectivity index (χ2n) is 6.32. The molecule has 3 rings (SSSR count). The minimum atomic E-state index is -3.51. The first kappa shape index (κ1) is 19.8. The van der Waals surface area contributed by atoms with E-state index in [1.54, 1.807) is 24.3 Å². The molecule has 28 heavy (non-hydrogen) atoms. The van der Waals surface area contributed by atoms with Gasteiger partial charge in [0.15, 0.2) is 0 Å². The van der Waals surface area contributed by atoms with Crippen LogP contribution < -0.4 is 10.0 Å². The van der Waals surface area contributed by atoms with E-state index in [9.17, 15) is 13.2 Å². The number of amides is 1. The third kappa shape index (κ3) is 4.85. The van der Waals surface area contributed by atoms with Crippen molar-refractivity contribution < 1.29 is 13.2 Å². The van der Waals surface area contributed by atoms with E-state index in [0.717, 1.165) is 17.5 Å². The second kappa shape index (κ2) is 8.82. The lowest BCUT2D eigenvalue weighted by molar-refractivity contribution is 0.102. The monoisotopic (exact) mass is 394 g/mol. The van der Waals surface area contributed by atoms with Crippen LogP contribution >= 0.6 is 0 Å². The van der Waals surface area contributed by atoms with Crippen molar-refractivity contribution in [3.63, 3.8) is 0 Å². The van der Waals surface area contributed by atoms with Gasteiger partial charge in [0.25, 0.3) is 5.91 Å². The number of carbonyl (C=O) groups excluding carboxylic acids is 1. The Labute approximate surface area is 165 Å². The molecule has 0 atom stereocenters. The Morgan fingerprint density at radius 3 is 2.04 bits per heavy atom. The lowest BCUT2D eigenvalue weighted by Crippen LogP contribution is -2.24. The summed E-state index contributed by atoms with van der Waals surface area (Å²) in [5.41, 5.74) is 3.18. The second-order valence-corrected chi connectivity index (χ2v) is 8.09. The molecule has 6 heteroatoms. The summed E-state index contributed by atoms with van der Waals surface area (Å²) in [5, 5.41) is 2.79. The number of hydrogen-bond acceptors (Lipinski definition) is 3. The van der Waals surface area contributed by atoms with Crippen molar-refractivity contribution in [1.29, 1.82) is 0 Å². The van der Waals surface area contributed by atoms with Crippen LogP contribution in [0, 0.1) is 0 Å². The zero-order valence-electron chi connectivity index (χ0n) is 15.6. The summed E-state index contributed by atoms with van der Waals surface area (Å²) in [4.78, 5) is 12.6. The molecule has 0 aliphatic heterocycles. The van der Waals surface area contributed by atoms with E-state index in [-0.39, 0.29) is 10.8 Å². The summed E-state index contributed by atoms with van der Waals surface area (Å²) in [7, 11) is -3.51. The van der Waals surface area contributed by atoms with Crippen molar-refractivity contribution in [3.05, 3.63) is 84.4 Å². The van der Waals surface area contributed by atoms with E-state index in [1.165, 1.54) is 12.1 Å². The maximum Gasteiger partial charge on any atom is 0.255 e. The molecule has 0 fully saturated rings. The van der Waals surface area contributed by atoms with Crippen LogP contribution in [-0.4, -0.2) is 20.9 Å². The zero-order chi connectivity index (χ0) is 20.0. The molecule has 0 heterocycles. The molecular formula is C22H22N2O3S. The fourth-order valence-electron chi connectivity index (χ4n) is 2.69. The van der Waals surface area contributed by atoms with Gasteiger partial charge in [-0.25, -0.2) is 13.1 Å². The first-order valence-corrected chi connectivity index (χ1v) is 10.5. The maximum atomic E-state index is 12.4. The fraction of sp³-hybridized carbons (Fsp3) is 0.136. The number of carbonyl (C=O) groups is 1. The highest BCUT2D eigenvalue weighted by molar-refractivity contribution is 7.89. The number of rotatable bonds is 7. The Kier molecular flexibility index (Phi) is 6.23. The Morgan fingerprint density at radius 2 is 1.43 bits per heavy atom. The van der Waals surface area contributed by atoms with Gasteiger partial charge in [-0.15, -0.1) is 0 Å². The van der Waals surface area contributed by atoms with E-state index >= 15 is 0 Å². The molecule has 0 saturated carbocycles. The quantitative estimate of drug-likeness (QED) is 0.628. The smallest absolute Gasteiger partial charge is 0.255 e. The molecule has 0 bridgehead atoms. The van der Waals surface area contributed by atoms with Crippen LogP contribution in [0.1, 0.15) is 23.7 Å². The van der Waals surface area contributed by atoms with Crippen molar-refractivity contribution in [2.45, 2.75) is 18.2 Å². The molecule has 2 N–H and O–H groups in total. The molecule has 3 aromatic rings. The van der Waals surface area contributed by atoms with Gasteiger partial charge in [0.2, 0.25) is 10.0 Å². The van der Waals surface area contributed by atoms with Crippen molar-refractivity contribution in [3.8, 4) is 11.1 Å². The SMILES string of the molecule is CCCNS(=O)(=O)c1ccc(NC(=O)c2ccc(-c3ccccc3)cc2)cc1. The molecular weight excluding hydrogens is 372 g/mol. The number of hydrogen-bond donors (Lipinski definition) is 2. The largest absolute Gasteiger partial charge is 0.322 e. The van der Waals surface area contributed by atoms with Crippen LogP contribution in [0.5, 0.6) is 0 Å². The van der Waals surface area contributed by atoms with Gasteiger partial charge in [-0.2, -0.15) is 0 Å². The van der Waals surface area contributed by atoms with Crippen molar-refractivity contribution >= 4 is 21.6 Å². The number of nitrogens with one attached hydrogen (secondary N) is 2. The summed E-state index contributed by atoms with van der Waals surface area (Å²) in [6.07, 6.45) is 0.719. The molecule has 0 radical (unpaired) electrons. The number of benzene rings is 3. The predicted molar refractivity (Wildman–Crippen MR) is 112 cm³/mol. The molecule has 0 unspecified atom stereocenters. The average Bonchev–Trinajstić information content (AvgIpc) is 2.73. The highest BCUT2D eigenvalue weighted by Crippen LogP contribution is 2.20. The van der Waals surface area contributed by atoms with Gasteiger partial charge in [0.1, 0.15) is 0 Å². The minimum Gasteiger partial charge on any atom is -0.322 e. The lowest BCUT2D eigenvalue weighted by Gasteiger charge is -2.09. The number of sulfonamides is 1. The van der Waals surface area contributed by atoms with E-state index in [0.29, 0.717) is 17.8 Å². The van der Waals surface area contributed by atoms with Gasteiger partial charge in [-0.1, -0.05) is 49.4 Å². The molecule has 0 aliphatic rings. The van der Waals surface area contributed by atoms with Gasteiger partial charge in [-0.3, -0.25) is 4.79 Å². The van der Waals surface area contributed by atoms with Crippen molar-refractivity contribution in [1.82, 2.24) is 4.72 Å². The predicted octanol–water partition coefficient (Wildman–Crippen LogP) is 4.29. The average molecular weight is 394 g/mol. The summed E-state index contributed by atoms with van der Waals surface area (Å²) in [6.45, 7) is 2.29. The molecule has 0 spiro atoms. The molecule has 0 aliphatic carbocycles. The molecule has 0 saturated heterocycles. The summed E-state index contributed by atoms with van der Waals surface area (Å²) < 4.78 is 26.7. The fourth-order valence-corrected chi connectivity index (χ4v) is 3.82. The first-order chi connectivity index (χ1) is 13.5. The highest BCUT2D eigenvalue weighted by atomic mass is 32.2. The third-order valence-corrected chi connectivity index (χ3v) is 5.70. The van der Waals surface area contributed by atoms with Crippen molar-refractivity contribution in [2.75, 3.05) is 11.9 Å². The summed E-state index contributed by atoms with van der Waals surface area (Å²) in [6, 6.07) is 23.4. The van der Waals surface area contributed by atoms with E-state index in [4.69, 9.17) is 0 Å². The Hall–Kier alpha value is -2.96. The third-order valence-electron chi connectivity index (χ3n) is 4.22. The Morgan fingerprint density at radius 1 is 0.821 bits per heavy atom. The summed E-state index contributed by atoms with van der Waals surface area (Å²) in [5.74, 6) is -0.251. The van der Waals surface area contributed by atoms with Gasteiger partial charge in [-0.05, 0) is 53.9 Å². The van der Waals surface area contributed by atoms with Gasteiger partial charge in [0, 0.05) is 17.8 Å². The van der Waals surface area contributed by atoms with Crippen LogP contribution in [0.2, 0.25) is 0 Å². The highest BCUT2D eigenvalue weighted by Gasteiger charge is 2.13. The van der Waals surface area contributed by atoms with Crippen LogP contribution in [0.25, 0.3) is 11.1 Å². The summed E-state index contributed by atoms with van der Waals surface area (Å²) >= 11 is 0. The number of anilines is 1. The van der Waals surface area contributed by atoms with Crippen LogP contribution in [0.4, 0.5) is 5.69 Å². The molecule has 144 valence electrons. The molecule has 0 aromatic heterocycles. The van der Waals surface area contributed by atoms with E-state index in [1.807, 2.05) is 49.4 Å². The zero-order valence-corrected chi connectivity index (χ0v) is 16.4. The van der Waals surface area contributed by atoms with Gasteiger partial charge >= 0.3 is 0 Å². The Bertz CT molecular complexity index is 1030. The van der Waals surface area contributed by atoms with Crippen molar-refractivity contribution in [2.24, 2.45) is 0 Å². The van der Waals surface area contributed by atoms with Crippen LogP contribution in [0.3, 0.4) is 0 Å². The topological polar surface area (TPSA) is 75.3 Å². The maximum absolute atomic E-state index is 12.4. The Balaban J connectivity index is 1.68. The van der Waals surface area contributed by atoms with Gasteiger partial charge in [0.05, 0.1) is 4.90 Å². The van der Waals surface area contributed by atoms with E-state index in [2.05, 4.69) is 10.0 Å². The molecule has 1 amide bonds. The lowest BCUT2D eigenvalue weighted by atomic mass is 10.0. The van der Waals surface area contributed by atoms with Gasteiger partial charge < -0.3 is 5.32 Å². The van der Waals surface area contributed by atoms with Crippen LogP contribution in [0.15, 0.2) is 83.8 Å². The first-order valence-electron chi connectivity index (χ1n) is 9.06. The normalized spacial score (nSPS) is 11.2. The molecule has 3 aromatic carbocycles.